The molecular weight excluding hydrogens is 309 g/mol. The number of unbranched alkanes of at least 4 members (excludes halogenated alkanes) is 1. The topological polar surface area (TPSA) is 50.4 Å². The fourth-order valence-corrected chi connectivity index (χ4v) is 1.82. The molecule has 0 bridgehead atoms. The molecule has 4 nitrogen and oxygen atoms in total. The van der Waals surface area contributed by atoms with Gasteiger partial charge >= 0.3 is 6.18 Å². The molecule has 0 saturated heterocycles. The van der Waals surface area contributed by atoms with Crippen molar-refractivity contribution in [1.29, 1.82) is 0 Å². The second-order valence-electron chi connectivity index (χ2n) is 5.11. The third kappa shape index (κ3) is 6.80. The highest BCUT2D eigenvalue weighted by molar-refractivity contribution is 5.81. The van der Waals surface area contributed by atoms with Crippen LogP contribution in [0.15, 0.2) is 18.2 Å². The van der Waals surface area contributed by atoms with Crippen LogP contribution in [-0.4, -0.2) is 25.6 Å². The number of rotatable bonds is 9. The first-order chi connectivity index (χ1) is 10.9. The number of hydrogen-bond acceptors (Lipinski definition) is 3. The SMILES string of the molecule is CCCCNC(=O)CNc1cc(C(F)(F)F)ccc1OCCC. The molecule has 0 fully saturated rings. The number of hydrogen-bond donors (Lipinski definition) is 2. The van der Waals surface area contributed by atoms with Crippen molar-refractivity contribution in [3.63, 3.8) is 0 Å². The Morgan fingerprint density at radius 2 is 1.96 bits per heavy atom. The summed E-state index contributed by atoms with van der Waals surface area (Å²) in [5.41, 5.74) is -0.617. The number of halogens is 3. The summed E-state index contributed by atoms with van der Waals surface area (Å²) in [7, 11) is 0. The zero-order valence-corrected chi connectivity index (χ0v) is 13.4. The van der Waals surface area contributed by atoms with Gasteiger partial charge < -0.3 is 15.4 Å². The van der Waals surface area contributed by atoms with Crippen LogP contribution in [0.5, 0.6) is 5.75 Å². The van der Waals surface area contributed by atoms with E-state index in [4.69, 9.17) is 4.74 Å². The largest absolute Gasteiger partial charge is 0.491 e. The van der Waals surface area contributed by atoms with Gasteiger partial charge in [0.05, 0.1) is 24.4 Å². The minimum Gasteiger partial charge on any atom is -0.491 e. The summed E-state index contributed by atoms with van der Waals surface area (Å²) < 4.78 is 43.8. The van der Waals surface area contributed by atoms with Gasteiger partial charge in [0.2, 0.25) is 5.91 Å². The number of carbonyl (C=O) groups excluding carboxylic acids is 1. The van der Waals surface area contributed by atoms with Gasteiger partial charge in [-0.3, -0.25) is 4.79 Å². The van der Waals surface area contributed by atoms with Crippen LogP contribution in [0.1, 0.15) is 38.7 Å². The summed E-state index contributed by atoms with van der Waals surface area (Å²) in [6, 6.07) is 3.21. The molecule has 1 aromatic carbocycles. The molecule has 23 heavy (non-hydrogen) atoms. The van der Waals surface area contributed by atoms with E-state index in [1.165, 1.54) is 6.07 Å². The van der Waals surface area contributed by atoms with Crippen molar-refractivity contribution in [3.05, 3.63) is 23.8 Å². The van der Waals surface area contributed by atoms with Gasteiger partial charge in [-0.25, -0.2) is 0 Å². The Balaban J connectivity index is 2.77. The zero-order chi connectivity index (χ0) is 17.3. The lowest BCUT2D eigenvalue weighted by Crippen LogP contribution is -2.30. The molecule has 0 spiro atoms. The Labute approximate surface area is 134 Å². The lowest BCUT2D eigenvalue weighted by atomic mass is 10.1. The van der Waals surface area contributed by atoms with Crippen LogP contribution in [0.2, 0.25) is 0 Å². The van der Waals surface area contributed by atoms with E-state index in [1.54, 1.807) is 0 Å². The molecule has 2 N–H and O–H groups in total. The van der Waals surface area contributed by atoms with Crippen molar-refractivity contribution in [2.75, 3.05) is 25.0 Å². The maximum absolute atomic E-state index is 12.8. The highest BCUT2D eigenvalue weighted by Gasteiger charge is 2.31. The van der Waals surface area contributed by atoms with E-state index in [-0.39, 0.29) is 18.1 Å². The maximum atomic E-state index is 12.8. The van der Waals surface area contributed by atoms with Crippen LogP contribution in [0, 0.1) is 0 Å². The van der Waals surface area contributed by atoms with Gasteiger partial charge in [-0.15, -0.1) is 0 Å². The predicted octanol–water partition coefficient (Wildman–Crippen LogP) is 3.82. The average molecular weight is 332 g/mol. The number of amides is 1. The number of alkyl halides is 3. The summed E-state index contributed by atoms with van der Waals surface area (Å²) in [5.74, 6) is 0.0403. The molecule has 0 atom stereocenters. The van der Waals surface area contributed by atoms with Crippen molar-refractivity contribution >= 4 is 11.6 Å². The first-order valence-electron chi connectivity index (χ1n) is 7.73. The van der Waals surface area contributed by atoms with Crippen molar-refractivity contribution in [1.82, 2.24) is 5.32 Å². The third-order valence-electron chi connectivity index (χ3n) is 3.06. The van der Waals surface area contributed by atoms with E-state index in [0.717, 1.165) is 31.4 Å². The van der Waals surface area contributed by atoms with Crippen LogP contribution in [-0.2, 0) is 11.0 Å². The van der Waals surface area contributed by atoms with Crippen LogP contribution in [0.4, 0.5) is 18.9 Å². The van der Waals surface area contributed by atoms with E-state index in [2.05, 4.69) is 10.6 Å². The van der Waals surface area contributed by atoms with E-state index in [0.29, 0.717) is 18.9 Å². The second kappa shape index (κ2) is 9.27. The molecule has 0 saturated carbocycles. The highest BCUT2D eigenvalue weighted by Crippen LogP contribution is 2.35. The number of nitrogens with one attached hydrogen (secondary N) is 2. The van der Waals surface area contributed by atoms with Gasteiger partial charge in [0.1, 0.15) is 5.75 Å². The first-order valence-corrected chi connectivity index (χ1v) is 7.73. The molecule has 1 aromatic rings. The van der Waals surface area contributed by atoms with Crippen LogP contribution >= 0.6 is 0 Å². The van der Waals surface area contributed by atoms with Gasteiger partial charge in [-0.2, -0.15) is 13.2 Å². The monoisotopic (exact) mass is 332 g/mol. The summed E-state index contributed by atoms with van der Waals surface area (Å²) in [5, 5.41) is 5.42. The number of anilines is 1. The lowest BCUT2D eigenvalue weighted by molar-refractivity contribution is -0.137. The quantitative estimate of drug-likeness (QED) is 0.676. The van der Waals surface area contributed by atoms with Crippen LogP contribution < -0.4 is 15.4 Å². The molecular formula is C16H23F3N2O2. The average Bonchev–Trinajstić information content (AvgIpc) is 2.50. The van der Waals surface area contributed by atoms with E-state index < -0.39 is 11.7 Å². The van der Waals surface area contributed by atoms with Crippen molar-refractivity contribution in [3.8, 4) is 5.75 Å². The summed E-state index contributed by atoms with van der Waals surface area (Å²) in [6.07, 6.45) is -1.89. The first kappa shape index (κ1) is 19.1. The van der Waals surface area contributed by atoms with E-state index in [9.17, 15) is 18.0 Å². The van der Waals surface area contributed by atoms with Gasteiger partial charge in [-0.1, -0.05) is 20.3 Å². The van der Waals surface area contributed by atoms with E-state index >= 15 is 0 Å². The molecule has 130 valence electrons. The maximum Gasteiger partial charge on any atom is 0.416 e. The molecule has 0 aromatic heterocycles. The van der Waals surface area contributed by atoms with Gasteiger partial charge in [-0.05, 0) is 31.0 Å². The molecule has 0 aliphatic rings. The fourth-order valence-electron chi connectivity index (χ4n) is 1.82. The molecule has 0 heterocycles. The fraction of sp³-hybridized carbons (Fsp3) is 0.562. The third-order valence-corrected chi connectivity index (χ3v) is 3.06. The molecule has 0 aliphatic heterocycles. The normalized spacial score (nSPS) is 11.2. The predicted molar refractivity (Wildman–Crippen MR) is 83.6 cm³/mol. The summed E-state index contributed by atoms with van der Waals surface area (Å²) >= 11 is 0. The number of ether oxygens (including phenoxy) is 1. The Hall–Kier alpha value is -1.92. The van der Waals surface area contributed by atoms with Gasteiger partial charge in [0.15, 0.2) is 0 Å². The minimum atomic E-state index is -4.44. The van der Waals surface area contributed by atoms with Crippen molar-refractivity contribution in [2.24, 2.45) is 0 Å². The highest BCUT2D eigenvalue weighted by atomic mass is 19.4. The molecule has 7 heteroatoms. The van der Waals surface area contributed by atoms with Crippen molar-refractivity contribution < 1.29 is 22.7 Å². The Bertz CT molecular complexity index is 505. The van der Waals surface area contributed by atoms with Gasteiger partial charge in [0, 0.05) is 6.54 Å². The Morgan fingerprint density at radius 3 is 2.57 bits per heavy atom. The minimum absolute atomic E-state index is 0.104. The summed E-state index contributed by atoms with van der Waals surface area (Å²) in [6.45, 7) is 4.75. The molecule has 0 aliphatic carbocycles. The smallest absolute Gasteiger partial charge is 0.416 e. The van der Waals surface area contributed by atoms with Crippen LogP contribution in [0.25, 0.3) is 0 Å². The number of benzene rings is 1. The second-order valence-corrected chi connectivity index (χ2v) is 5.11. The van der Waals surface area contributed by atoms with Crippen molar-refractivity contribution in [2.45, 2.75) is 39.3 Å². The molecule has 1 rings (SSSR count). The molecule has 0 radical (unpaired) electrons. The molecule has 1 amide bonds. The van der Waals surface area contributed by atoms with E-state index in [1.807, 2.05) is 13.8 Å². The number of carbonyl (C=O) groups is 1. The zero-order valence-electron chi connectivity index (χ0n) is 13.4. The summed E-state index contributed by atoms with van der Waals surface area (Å²) in [4.78, 5) is 11.7. The lowest BCUT2D eigenvalue weighted by Gasteiger charge is -2.15. The van der Waals surface area contributed by atoms with Crippen LogP contribution in [0.3, 0.4) is 0 Å². The standard InChI is InChI=1S/C16H23F3N2O2/c1-3-5-8-20-15(22)11-21-13-10-12(16(17,18)19)6-7-14(13)23-9-4-2/h6-7,10,21H,3-5,8-9,11H2,1-2H3,(H,20,22). The Kier molecular flexibility index (Phi) is 7.71. The molecule has 0 unspecified atom stereocenters. The Morgan fingerprint density at radius 1 is 1.22 bits per heavy atom. The van der Waals surface area contributed by atoms with Gasteiger partial charge in [0.25, 0.3) is 0 Å².